The minimum Gasteiger partial charge on any atom is -0.497 e. The number of carbonyl (C=O) groups is 2. The third-order valence-corrected chi connectivity index (χ3v) is 4.14. The van der Waals surface area contributed by atoms with Gasteiger partial charge >= 0.3 is 0 Å². The summed E-state index contributed by atoms with van der Waals surface area (Å²) in [5.41, 5.74) is 1.69. The van der Waals surface area contributed by atoms with Crippen molar-refractivity contribution in [3.8, 4) is 5.75 Å². The quantitative estimate of drug-likeness (QED) is 0.515. The van der Waals surface area contributed by atoms with Crippen molar-refractivity contribution in [1.82, 2.24) is 4.98 Å². The van der Waals surface area contributed by atoms with Gasteiger partial charge in [-0.15, -0.1) is 0 Å². The molecule has 0 spiro atoms. The summed E-state index contributed by atoms with van der Waals surface area (Å²) in [7, 11) is 1.49. The number of ketones is 2. The van der Waals surface area contributed by atoms with Gasteiger partial charge in [0.25, 0.3) is 0 Å². The zero-order valence-electron chi connectivity index (χ0n) is 13.7. The van der Waals surface area contributed by atoms with E-state index in [1.165, 1.54) is 13.2 Å². The minimum absolute atomic E-state index is 0.0155. The molecule has 0 aliphatic rings. The van der Waals surface area contributed by atoms with Gasteiger partial charge < -0.3 is 14.9 Å². The van der Waals surface area contributed by atoms with Crippen LogP contribution in [0.2, 0.25) is 0 Å². The summed E-state index contributed by atoms with van der Waals surface area (Å²) < 4.78 is 5.58. The molecule has 2 aromatic rings. The van der Waals surface area contributed by atoms with E-state index in [9.17, 15) is 19.8 Å². The molecule has 0 bridgehead atoms. The Hall–Kier alpha value is -2.09. The van der Waals surface area contributed by atoms with Gasteiger partial charge in [-0.25, -0.2) is 4.98 Å². The summed E-state index contributed by atoms with van der Waals surface area (Å²) in [4.78, 5) is 28.6. The van der Waals surface area contributed by atoms with E-state index in [4.69, 9.17) is 4.74 Å². The predicted octanol–water partition coefficient (Wildman–Crippen LogP) is 2.68. The molecule has 0 saturated carbocycles. The molecule has 7 heteroatoms. The molecule has 0 saturated heterocycles. The van der Waals surface area contributed by atoms with Crippen LogP contribution >= 0.6 is 15.9 Å². The van der Waals surface area contributed by atoms with Gasteiger partial charge in [0.1, 0.15) is 16.0 Å². The van der Waals surface area contributed by atoms with Gasteiger partial charge in [-0.05, 0) is 33.1 Å². The van der Waals surface area contributed by atoms with Crippen LogP contribution in [0.1, 0.15) is 44.8 Å². The smallest absolute Gasteiger partial charge is 0.181 e. The summed E-state index contributed by atoms with van der Waals surface area (Å²) in [6.45, 7) is -0.475. The number of aliphatic hydroxyl groups excluding tert-OH is 2. The van der Waals surface area contributed by atoms with Gasteiger partial charge in [0.05, 0.1) is 20.3 Å². The number of halogens is 1. The lowest BCUT2D eigenvalue weighted by Gasteiger charge is -2.08. The Morgan fingerprint density at radius 3 is 2.36 bits per heavy atom. The second-order valence-corrected chi connectivity index (χ2v) is 6.17. The lowest BCUT2D eigenvalue weighted by Crippen LogP contribution is -2.08. The first-order valence-corrected chi connectivity index (χ1v) is 8.39. The average Bonchev–Trinajstić information content (AvgIpc) is 2.64. The van der Waals surface area contributed by atoms with Crippen LogP contribution in [0.5, 0.6) is 5.75 Å². The standard InChI is InChI=1S/C18H18BrNO5/c1-25-14-7-15(20-18(19)8-14)17(24)5-4-16(23)11-2-3-12(9-21)13(6-11)10-22/h2-3,6-8,21-22H,4-5,9-10H2,1H3. The maximum absolute atomic E-state index is 12.3. The van der Waals surface area contributed by atoms with E-state index in [2.05, 4.69) is 20.9 Å². The van der Waals surface area contributed by atoms with E-state index in [0.29, 0.717) is 27.0 Å². The molecule has 1 aromatic heterocycles. The molecule has 6 nitrogen and oxygen atoms in total. The molecule has 0 radical (unpaired) electrons. The number of hydrogen-bond acceptors (Lipinski definition) is 6. The van der Waals surface area contributed by atoms with Gasteiger partial charge in [-0.1, -0.05) is 12.1 Å². The van der Waals surface area contributed by atoms with Crippen LogP contribution in [0.25, 0.3) is 0 Å². The largest absolute Gasteiger partial charge is 0.497 e. The molecule has 0 aliphatic heterocycles. The Morgan fingerprint density at radius 1 is 1.04 bits per heavy atom. The Balaban J connectivity index is 2.07. The van der Waals surface area contributed by atoms with Gasteiger partial charge in [0.2, 0.25) is 0 Å². The molecule has 0 unspecified atom stereocenters. The van der Waals surface area contributed by atoms with E-state index < -0.39 is 0 Å². The maximum Gasteiger partial charge on any atom is 0.181 e. The number of ether oxygens (including phenoxy) is 1. The molecule has 0 fully saturated rings. The number of methoxy groups -OCH3 is 1. The summed E-state index contributed by atoms with van der Waals surface area (Å²) in [5.74, 6) is 0.0283. The molecule has 2 N–H and O–H groups in total. The number of rotatable bonds is 8. The highest BCUT2D eigenvalue weighted by Crippen LogP contribution is 2.20. The first-order chi connectivity index (χ1) is 12.0. The van der Waals surface area contributed by atoms with Crippen LogP contribution < -0.4 is 4.74 Å². The van der Waals surface area contributed by atoms with Crippen LogP contribution in [-0.2, 0) is 13.2 Å². The second-order valence-electron chi connectivity index (χ2n) is 5.36. The highest BCUT2D eigenvalue weighted by atomic mass is 79.9. The van der Waals surface area contributed by atoms with Gasteiger partial charge in [0.15, 0.2) is 11.6 Å². The van der Waals surface area contributed by atoms with Crippen molar-refractivity contribution >= 4 is 27.5 Å². The predicted molar refractivity (Wildman–Crippen MR) is 94.7 cm³/mol. The van der Waals surface area contributed by atoms with Crippen molar-refractivity contribution in [3.63, 3.8) is 0 Å². The molecule has 1 aromatic carbocycles. The Morgan fingerprint density at radius 2 is 1.72 bits per heavy atom. The fourth-order valence-electron chi connectivity index (χ4n) is 2.33. The maximum atomic E-state index is 12.3. The molecular weight excluding hydrogens is 390 g/mol. The third-order valence-electron chi connectivity index (χ3n) is 3.74. The molecule has 25 heavy (non-hydrogen) atoms. The van der Waals surface area contributed by atoms with Crippen molar-refractivity contribution in [1.29, 1.82) is 0 Å². The van der Waals surface area contributed by atoms with Crippen molar-refractivity contribution in [2.45, 2.75) is 26.1 Å². The molecule has 0 amide bonds. The number of aromatic nitrogens is 1. The van der Waals surface area contributed by atoms with Crippen molar-refractivity contribution in [3.05, 3.63) is 57.3 Å². The van der Waals surface area contributed by atoms with E-state index in [-0.39, 0.29) is 43.3 Å². The van der Waals surface area contributed by atoms with Crippen LogP contribution in [0.4, 0.5) is 0 Å². The zero-order chi connectivity index (χ0) is 18.4. The van der Waals surface area contributed by atoms with Crippen LogP contribution in [0.15, 0.2) is 34.9 Å². The molecule has 2 rings (SSSR count). The monoisotopic (exact) mass is 407 g/mol. The highest BCUT2D eigenvalue weighted by molar-refractivity contribution is 9.10. The number of hydrogen-bond donors (Lipinski definition) is 2. The van der Waals surface area contributed by atoms with Crippen LogP contribution in [-0.4, -0.2) is 33.9 Å². The minimum atomic E-state index is -0.266. The normalized spacial score (nSPS) is 10.6. The van der Waals surface area contributed by atoms with Gasteiger partial charge in [-0.2, -0.15) is 0 Å². The number of benzene rings is 1. The van der Waals surface area contributed by atoms with Gasteiger partial charge in [0, 0.05) is 30.5 Å². The number of carbonyl (C=O) groups excluding carboxylic acids is 2. The van der Waals surface area contributed by atoms with Crippen molar-refractivity contribution < 1.29 is 24.5 Å². The van der Waals surface area contributed by atoms with Crippen LogP contribution in [0, 0.1) is 0 Å². The average molecular weight is 408 g/mol. The summed E-state index contributed by atoms with van der Waals surface area (Å²) >= 11 is 3.21. The number of aliphatic hydroxyl groups is 2. The fourth-order valence-corrected chi connectivity index (χ4v) is 2.75. The van der Waals surface area contributed by atoms with E-state index in [1.54, 1.807) is 24.3 Å². The number of pyridine rings is 1. The summed E-state index contributed by atoms with van der Waals surface area (Å²) in [6.07, 6.45) is 0.0420. The molecule has 0 atom stereocenters. The van der Waals surface area contributed by atoms with Crippen LogP contribution in [0.3, 0.4) is 0 Å². The van der Waals surface area contributed by atoms with E-state index in [0.717, 1.165) is 0 Å². The van der Waals surface area contributed by atoms with E-state index >= 15 is 0 Å². The van der Waals surface area contributed by atoms with Crippen molar-refractivity contribution in [2.75, 3.05) is 7.11 Å². The highest BCUT2D eigenvalue weighted by Gasteiger charge is 2.15. The van der Waals surface area contributed by atoms with Gasteiger partial charge in [-0.3, -0.25) is 9.59 Å². The zero-order valence-corrected chi connectivity index (χ0v) is 15.2. The van der Waals surface area contributed by atoms with E-state index in [1.807, 2.05) is 0 Å². The first kappa shape index (κ1) is 19.2. The lowest BCUT2D eigenvalue weighted by molar-refractivity contribution is 0.0914. The lowest BCUT2D eigenvalue weighted by atomic mass is 9.99. The SMILES string of the molecule is COc1cc(Br)nc(C(=O)CCC(=O)c2ccc(CO)c(CO)c2)c1. The Labute approximate surface area is 153 Å². The summed E-state index contributed by atoms with van der Waals surface area (Å²) in [6, 6.07) is 7.89. The Kier molecular flexibility index (Phi) is 6.81. The third kappa shape index (κ3) is 4.94. The fraction of sp³-hybridized carbons (Fsp3) is 0.278. The molecule has 0 aliphatic carbocycles. The van der Waals surface area contributed by atoms with Crippen molar-refractivity contribution in [2.24, 2.45) is 0 Å². The molecule has 132 valence electrons. The molecular formula is C18H18BrNO5. The number of Topliss-reactive ketones (excluding diaryl/α,β-unsaturated/α-hetero) is 2. The Bertz CT molecular complexity index is 791. The molecule has 1 heterocycles. The first-order valence-electron chi connectivity index (χ1n) is 7.60. The number of nitrogens with zero attached hydrogens (tertiary/aromatic N) is 1. The topological polar surface area (TPSA) is 96.7 Å². The second kappa shape index (κ2) is 8.84. The summed E-state index contributed by atoms with van der Waals surface area (Å²) in [5, 5.41) is 18.5.